The molecule has 39 heavy (non-hydrogen) atoms. The molecule has 1 N–H and O–H groups in total. The van der Waals surface area contributed by atoms with Crippen LogP contribution in [-0.2, 0) is 10.1 Å². The normalized spacial score (nSPS) is 11.4. The second-order valence-corrected chi connectivity index (χ2v) is 10.1. The molecule has 0 radical (unpaired) electrons. The Hall–Kier alpha value is -5.07. The van der Waals surface area contributed by atoms with Gasteiger partial charge in [0.05, 0.1) is 32.1 Å². The molecule has 0 amide bonds. The van der Waals surface area contributed by atoms with Gasteiger partial charge in [-0.15, -0.1) is 0 Å². The number of pyridine rings is 2. The van der Waals surface area contributed by atoms with Crippen molar-refractivity contribution in [3.63, 3.8) is 0 Å². The third kappa shape index (κ3) is 4.81. The quantitative estimate of drug-likeness (QED) is 0.120. The molecule has 194 valence electrons. The Morgan fingerprint density at radius 1 is 0.769 bits per heavy atom. The van der Waals surface area contributed by atoms with E-state index in [2.05, 4.69) is 9.97 Å². The molecule has 0 unspecified atom stereocenters. The van der Waals surface area contributed by atoms with E-state index in [-0.39, 0.29) is 21.8 Å². The lowest BCUT2D eigenvalue weighted by molar-refractivity contribution is -0.393. The Labute approximate surface area is 220 Å². The van der Waals surface area contributed by atoms with Crippen molar-refractivity contribution >= 4 is 53.8 Å². The summed E-state index contributed by atoms with van der Waals surface area (Å²) in [5, 5.41) is 28.2. The summed E-state index contributed by atoms with van der Waals surface area (Å²) in [5.41, 5.74) is 0.932. The van der Waals surface area contributed by atoms with Crippen molar-refractivity contribution in [1.82, 2.24) is 9.97 Å². The molecule has 0 spiro atoms. The van der Waals surface area contributed by atoms with Crippen LogP contribution in [0.4, 0.5) is 11.4 Å². The number of nitro groups is 2. The lowest BCUT2D eigenvalue weighted by Gasteiger charge is -2.13. The fourth-order valence-electron chi connectivity index (χ4n) is 4.41. The van der Waals surface area contributed by atoms with Gasteiger partial charge in [0.15, 0.2) is 0 Å². The summed E-state index contributed by atoms with van der Waals surface area (Å²) in [5.74, 6) is 0. The van der Waals surface area contributed by atoms with E-state index in [0.29, 0.717) is 5.69 Å². The molecule has 6 aromatic rings. The standard InChI is InChI=1S/C20H10N4O4.C7H8O3S/c25-23(26)14-4-6-15(17(7-14)24(27)28)20-16-5-3-12-9-21-8-11-1-2-13(10-22-20)19(16)18(11)12;1-6-2-4-7(5-3-6)11(8,9)10/h1-10H;2-5H,1H3,(H,8,9,10). The van der Waals surface area contributed by atoms with Gasteiger partial charge in [0, 0.05) is 57.0 Å². The van der Waals surface area contributed by atoms with Crippen molar-refractivity contribution in [1.29, 1.82) is 0 Å². The second-order valence-electron chi connectivity index (χ2n) is 8.71. The number of aryl methyl sites for hydroxylation is 1. The van der Waals surface area contributed by atoms with Gasteiger partial charge in [-0.05, 0) is 25.1 Å². The minimum Gasteiger partial charge on any atom is -0.282 e. The molecule has 0 fully saturated rings. The zero-order valence-electron chi connectivity index (χ0n) is 20.2. The van der Waals surface area contributed by atoms with Crippen molar-refractivity contribution in [3.8, 4) is 11.3 Å². The van der Waals surface area contributed by atoms with Crippen molar-refractivity contribution in [3.05, 3.63) is 111 Å². The summed E-state index contributed by atoms with van der Waals surface area (Å²) in [7, 11) is -4.02. The molecule has 0 aliphatic heterocycles. The molecule has 0 atom stereocenters. The highest BCUT2D eigenvalue weighted by atomic mass is 32.2. The fraction of sp³-hybridized carbons (Fsp3) is 0.0370. The Balaban J connectivity index is 0.000000237. The van der Waals surface area contributed by atoms with Gasteiger partial charge in [0.1, 0.15) is 0 Å². The maximum absolute atomic E-state index is 11.6. The summed E-state index contributed by atoms with van der Waals surface area (Å²) < 4.78 is 29.6. The summed E-state index contributed by atoms with van der Waals surface area (Å²) in [4.78, 5) is 30.0. The number of non-ortho nitro benzene ring substituents is 1. The van der Waals surface area contributed by atoms with Crippen LogP contribution in [0.5, 0.6) is 0 Å². The third-order valence-electron chi connectivity index (χ3n) is 6.24. The average molecular weight is 543 g/mol. The first-order valence-electron chi connectivity index (χ1n) is 11.4. The van der Waals surface area contributed by atoms with E-state index in [1.165, 1.54) is 24.3 Å². The first-order valence-corrected chi connectivity index (χ1v) is 12.8. The van der Waals surface area contributed by atoms with E-state index < -0.39 is 20.0 Å². The Kier molecular flexibility index (Phi) is 6.34. The first kappa shape index (κ1) is 25.6. The highest BCUT2D eigenvalue weighted by molar-refractivity contribution is 7.85. The third-order valence-corrected chi connectivity index (χ3v) is 7.10. The van der Waals surface area contributed by atoms with E-state index in [1.807, 2.05) is 31.2 Å². The molecule has 6 rings (SSSR count). The van der Waals surface area contributed by atoms with Crippen LogP contribution in [0.1, 0.15) is 5.56 Å². The van der Waals surface area contributed by atoms with Gasteiger partial charge in [-0.2, -0.15) is 8.42 Å². The van der Waals surface area contributed by atoms with E-state index in [4.69, 9.17) is 4.55 Å². The van der Waals surface area contributed by atoms with Crippen molar-refractivity contribution in [2.45, 2.75) is 11.8 Å². The van der Waals surface area contributed by atoms with Crippen LogP contribution in [0, 0.1) is 27.2 Å². The predicted molar refractivity (Wildman–Crippen MR) is 145 cm³/mol. The zero-order chi connectivity index (χ0) is 27.9. The molecule has 0 saturated heterocycles. The summed E-state index contributed by atoms with van der Waals surface area (Å²) >= 11 is 0. The Bertz CT molecular complexity index is 1990. The smallest absolute Gasteiger partial charge is 0.282 e. The molecular formula is C27H18N4O7S. The molecule has 0 aliphatic carbocycles. The van der Waals surface area contributed by atoms with Crippen molar-refractivity contribution in [2.24, 2.45) is 0 Å². The van der Waals surface area contributed by atoms with E-state index >= 15 is 0 Å². The van der Waals surface area contributed by atoms with Gasteiger partial charge in [-0.1, -0.05) is 42.0 Å². The number of nitro benzene ring substituents is 2. The van der Waals surface area contributed by atoms with Crippen LogP contribution in [0.3, 0.4) is 0 Å². The molecular weight excluding hydrogens is 524 g/mol. The summed E-state index contributed by atoms with van der Waals surface area (Å²) in [6.07, 6.45) is 5.22. The molecule has 2 aromatic heterocycles. The number of nitrogens with zero attached hydrogens (tertiary/aromatic N) is 4. The monoisotopic (exact) mass is 542 g/mol. The molecule has 12 heteroatoms. The summed E-state index contributed by atoms with van der Waals surface area (Å²) in [6, 6.07) is 17.3. The van der Waals surface area contributed by atoms with Crippen LogP contribution < -0.4 is 0 Å². The predicted octanol–water partition coefficient (Wildman–Crippen LogP) is 6.10. The van der Waals surface area contributed by atoms with Gasteiger partial charge in [-0.25, -0.2) is 0 Å². The lowest BCUT2D eigenvalue weighted by atomic mass is 9.94. The van der Waals surface area contributed by atoms with E-state index in [0.717, 1.165) is 43.9 Å². The van der Waals surface area contributed by atoms with Gasteiger partial charge in [-0.3, -0.25) is 34.7 Å². The van der Waals surface area contributed by atoms with E-state index in [9.17, 15) is 28.6 Å². The molecule has 0 saturated carbocycles. The van der Waals surface area contributed by atoms with Crippen molar-refractivity contribution < 1.29 is 22.8 Å². The minimum atomic E-state index is -4.02. The lowest BCUT2D eigenvalue weighted by Crippen LogP contribution is -1.97. The maximum atomic E-state index is 11.6. The number of benzene rings is 4. The molecule has 2 heterocycles. The second kappa shape index (κ2) is 9.67. The van der Waals surface area contributed by atoms with Crippen molar-refractivity contribution in [2.75, 3.05) is 0 Å². The van der Waals surface area contributed by atoms with Crippen LogP contribution in [-0.4, -0.2) is 32.8 Å². The number of rotatable bonds is 4. The van der Waals surface area contributed by atoms with Crippen LogP contribution in [0.15, 0.2) is 90.2 Å². The summed E-state index contributed by atoms with van der Waals surface area (Å²) in [6.45, 7) is 1.84. The van der Waals surface area contributed by atoms with Gasteiger partial charge < -0.3 is 0 Å². The topological polar surface area (TPSA) is 166 Å². The fourth-order valence-corrected chi connectivity index (χ4v) is 4.89. The molecule has 0 bridgehead atoms. The van der Waals surface area contributed by atoms with Crippen LogP contribution in [0.2, 0.25) is 0 Å². The Morgan fingerprint density at radius 3 is 1.97 bits per heavy atom. The highest BCUT2D eigenvalue weighted by Crippen LogP contribution is 2.40. The highest BCUT2D eigenvalue weighted by Gasteiger charge is 2.23. The largest absolute Gasteiger partial charge is 0.294 e. The van der Waals surface area contributed by atoms with Crippen LogP contribution in [0.25, 0.3) is 43.6 Å². The Morgan fingerprint density at radius 2 is 1.38 bits per heavy atom. The first-order chi connectivity index (χ1) is 18.5. The number of aromatic nitrogens is 2. The molecule has 11 nitrogen and oxygen atoms in total. The van der Waals surface area contributed by atoms with Gasteiger partial charge in [0.2, 0.25) is 0 Å². The van der Waals surface area contributed by atoms with Gasteiger partial charge >= 0.3 is 0 Å². The molecule has 0 aliphatic rings. The maximum Gasteiger partial charge on any atom is 0.294 e. The SMILES string of the molecule is Cc1ccc(S(=O)(=O)O)cc1.O=[N+]([O-])c1ccc(-c2ncc3ccc4cncc5ccc2c3c45)c([N+](=O)[O-])c1. The number of hydrogen-bond donors (Lipinski definition) is 1. The average Bonchev–Trinajstić information content (AvgIpc) is 2.91. The zero-order valence-corrected chi connectivity index (χ0v) is 21.0. The molecule has 4 aromatic carbocycles. The van der Waals surface area contributed by atoms with E-state index in [1.54, 1.807) is 30.7 Å². The minimum absolute atomic E-state index is 0.0666. The van der Waals surface area contributed by atoms with Gasteiger partial charge in [0.25, 0.3) is 21.5 Å². The number of hydrogen-bond acceptors (Lipinski definition) is 8. The van der Waals surface area contributed by atoms with Crippen LogP contribution >= 0.6 is 0 Å².